The van der Waals surface area contributed by atoms with Gasteiger partial charge in [-0.25, -0.2) is 0 Å². The van der Waals surface area contributed by atoms with Gasteiger partial charge in [-0.1, -0.05) is 42.7 Å². The van der Waals surface area contributed by atoms with Crippen LogP contribution >= 0.6 is 0 Å². The summed E-state index contributed by atoms with van der Waals surface area (Å²) in [4.78, 5) is 0. The Balaban J connectivity index is 2.39. The lowest BCUT2D eigenvalue weighted by molar-refractivity contribution is 0.478. The molecule has 1 aromatic carbocycles. The molecule has 0 fully saturated rings. The van der Waals surface area contributed by atoms with Crippen LogP contribution in [-0.2, 0) is 6.42 Å². The molecular formula is C20H32. The Morgan fingerprint density at radius 1 is 1.10 bits per heavy atom. The summed E-state index contributed by atoms with van der Waals surface area (Å²) in [5.41, 5.74) is 7.34. The van der Waals surface area contributed by atoms with Crippen LogP contribution in [0.15, 0.2) is 23.8 Å². The highest BCUT2D eigenvalue weighted by Crippen LogP contribution is 2.20. The van der Waals surface area contributed by atoms with Gasteiger partial charge < -0.3 is 0 Å². The predicted octanol–water partition coefficient (Wildman–Crippen LogP) is 6.32. The molecule has 1 atom stereocenters. The van der Waals surface area contributed by atoms with Gasteiger partial charge in [-0.3, -0.25) is 0 Å². The van der Waals surface area contributed by atoms with Crippen molar-refractivity contribution < 1.29 is 0 Å². The van der Waals surface area contributed by atoms with Gasteiger partial charge in [0.25, 0.3) is 0 Å². The fourth-order valence-electron chi connectivity index (χ4n) is 2.83. The molecule has 1 rings (SSSR count). The third-order valence-electron chi connectivity index (χ3n) is 4.27. The molecule has 0 nitrogen and oxygen atoms in total. The van der Waals surface area contributed by atoms with E-state index >= 15 is 0 Å². The maximum atomic E-state index is 2.40. The molecule has 20 heavy (non-hydrogen) atoms. The van der Waals surface area contributed by atoms with E-state index in [1.807, 2.05) is 0 Å². The zero-order chi connectivity index (χ0) is 15.1. The fourth-order valence-corrected chi connectivity index (χ4v) is 2.83. The van der Waals surface area contributed by atoms with Gasteiger partial charge in [0.15, 0.2) is 0 Å². The Hall–Kier alpha value is -1.04. The van der Waals surface area contributed by atoms with E-state index in [0.29, 0.717) is 0 Å². The number of aryl methyl sites for hydroxylation is 3. The van der Waals surface area contributed by atoms with Gasteiger partial charge in [-0.2, -0.15) is 0 Å². The van der Waals surface area contributed by atoms with Crippen LogP contribution in [0.2, 0.25) is 0 Å². The van der Waals surface area contributed by atoms with E-state index < -0.39 is 0 Å². The average Bonchev–Trinajstić information content (AvgIpc) is 2.34. The lowest BCUT2D eigenvalue weighted by Crippen LogP contribution is -1.98. The minimum Gasteiger partial charge on any atom is -0.0859 e. The quantitative estimate of drug-likeness (QED) is 0.510. The monoisotopic (exact) mass is 272 g/mol. The third kappa shape index (κ3) is 5.94. The molecule has 0 N–H and O–H groups in total. The Morgan fingerprint density at radius 3 is 2.45 bits per heavy atom. The fraction of sp³-hybridized carbons (Fsp3) is 0.600. The minimum atomic E-state index is 0.844. The van der Waals surface area contributed by atoms with E-state index in [2.05, 4.69) is 59.8 Å². The molecule has 0 unspecified atom stereocenters. The van der Waals surface area contributed by atoms with Crippen LogP contribution in [0.5, 0.6) is 0 Å². The van der Waals surface area contributed by atoms with Crippen molar-refractivity contribution >= 4 is 0 Å². The predicted molar refractivity (Wildman–Crippen MR) is 91.4 cm³/mol. The molecule has 0 amide bonds. The molecular weight excluding hydrogens is 240 g/mol. The first kappa shape index (κ1) is 17.0. The molecule has 0 heteroatoms. The van der Waals surface area contributed by atoms with Crippen LogP contribution in [0.25, 0.3) is 0 Å². The van der Waals surface area contributed by atoms with Crippen LogP contribution in [0.4, 0.5) is 0 Å². The van der Waals surface area contributed by atoms with Crippen LogP contribution in [-0.4, -0.2) is 0 Å². The first-order valence-electron chi connectivity index (χ1n) is 8.10. The smallest absolute Gasteiger partial charge is 0.0276 e. The van der Waals surface area contributed by atoms with Crippen molar-refractivity contribution in [3.8, 4) is 0 Å². The van der Waals surface area contributed by atoms with E-state index in [-0.39, 0.29) is 0 Å². The summed E-state index contributed by atoms with van der Waals surface area (Å²) in [6.07, 6.45) is 8.84. The zero-order valence-electron chi connectivity index (χ0n) is 14.3. The molecule has 0 aliphatic heterocycles. The van der Waals surface area contributed by atoms with Crippen molar-refractivity contribution in [2.24, 2.45) is 5.92 Å². The highest BCUT2D eigenvalue weighted by Gasteiger charge is 2.05. The summed E-state index contributed by atoms with van der Waals surface area (Å²) < 4.78 is 0. The topological polar surface area (TPSA) is 0 Å². The molecule has 0 aliphatic rings. The molecule has 112 valence electrons. The number of hydrogen-bond acceptors (Lipinski definition) is 0. The highest BCUT2D eigenvalue weighted by atomic mass is 14.1. The maximum Gasteiger partial charge on any atom is -0.0276 e. The second-order valence-electron chi connectivity index (χ2n) is 6.72. The Morgan fingerprint density at radius 2 is 1.80 bits per heavy atom. The van der Waals surface area contributed by atoms with Crippen LogP contribution in [0.3, 0.4) is 0 Å². The number of rotatable bonds is 7. The molecule has 0 radical (unpaired) electrons. The Kier molecular flexibility index (Phi) is 7.05. The summed E-state index contributed by atoms with van der Waals surface area (Å²) in [6, 6.07) is 4.66. The normalized spacial score (nSPS) is 12.3. The first-order chi connectivity index (χ1) is 9.40. The summed E-state index contributed by atoms with van der Waals surface area (Å²) in [5, 5.41) is 0. The summed E-state index contributed by atoms with van der Waals surface area (Å²) in [5.74, 6) is 0.844. The van der Waals surface area contributed by atoms with Gasteiger partial charge in [0, 0.05) is 0 Å². The van der Waals surface area contributed by atoms with Crippen molar-refractivity contribution in [1.82, 2.24) is 0 Å². The molecule has 0 aromatic heterocycles. The van der Waals surface area contributed by atoms with E-state index in [0.717, 1.165) is 5.92 Å². The van der Waals surface area contributed by atoms with Crippen LogP contribution in [0.1, 0.15) is 68.7 Å². The summed E-state index contributed by atoms with van der Waals surface area (Å²) in [7, 11) is 0. The van der Waals surface area contributed by atoms with Gasteiger partial charge in [0.1, 0.15) is 0 Å². The van der Waals surface area contributed by atoms with Crippen molar-refractivity contribution in [1.29, 1.82) is 0 Å². The molecule has 0 saturated heterocycles. The van der Waals surface area contributed by atoms with Gasteiger partial charge in [-0.15, -0.1) is 0 Å². The van der Waals surface area contributed by atoms with Crippen LogP contribution < -0.4 is 0 Å². The standard InChI is InChI=1S/C20H32/c1-15(2)9-7-10-16(3)11-8-12-20-14-17(4)13-18(5)19(20)6/h9,13-14,16H,7-8,10-12H2,1-6H3/t16-/m0/s1. The van der Waals surface area contributed by atoms with E-state index in [9.17, 15) is 0 Å². The van der Waals surface area contributed by atoms with Crippen molar-refractivity contribution in [2.75, 3.05) is 0 Å². The number of benzene rings is 1. The van der Waals surface area contributed by atoms with Crippen molar-refractivity contribution in [3.05, 3.63) is 46.0 Å². The Bertz CT molecular complexity index is 447. The third-order valence-corrected chi connectivity index (χ3v) is 4.27. The largest absolute Gasteiger partial charge is 0.0859 e. The maximum absolute atomic E-state index is 2.40. The second kappa shape index (κ2) is 8.29. The van der Waals surface area contributed by atoms with Gasteiger partial charge in [-0.05, 0) is 82.9 Å². The summed E-state index contributed by atoms with van der Waals surface area (Å²) >= 11 is 0. The molecule has 0 heterocycles. The Labute approximate surface area is 126 Å². The van der Waals surface area contributed by atoms with Gasteiger partial charge in [0.05, 0.1) is 0 Å². The SMILES string of the molecule is CC(C)=CCC[C@H](C)CCCc1cc(C)cc(C)c1C. The molecule has 0 saturated carbocycles. The van der Waals surface area contributed by atoms with Crippen molar-refractivity contribution in [3.63, 3.8) is 0 Å². The van der Waals surface area contributed by atoms with Gasteiger partial charge >= 0.3 is 0 Å². The first-order valence-corrected chi connectivity index (χ1v) is 8.10. The lowest BCUT2D eigenvalue weighted by Gasteiger charge is -2.13. The molecule has 0 bridgehead atoms. The minimum absolute atomic E-state index is 0.844. The molecule has 0 spiro atoms. The van der Waals surface area contributed by atoms with E-state index in [4.69, 9.17) is 0 Å². The molecule has 1 aromatic rings. The highest BCUT2D eigenvalue weighted by molar-refractivity contribution is 5.37. The number of allylic oxidation sites excluding steroid dienone is 2. The van der Waals surface area contributed by atoms with E-state index in [1.165, 1.54) is 54.4 Å². The second-order valence-corrected chi connectivity index (χ2v) is 6.72. The summed E-state index contributed by atoms with van der Waals surface area (Å²) in [6.45, 7) is 13.5. The average molecular weight is 272 g/mol. The number of hydrogen-bond donors (Lipinski definition) is 0. The van der Waals surface area contributed by atoms with E-state index in [1.54, 1.807) is 5.56 Å². The molecule has 0 aliphatic carbocycles. The zero-order valence-corrected chi connectivity index (χ0v) is 14.3. The van der Waals surface area contributed by atoms with Crippen LogP contribution in [0, 0.1) is 26.7 Å². The van der Waals surface area contributed by atoms with Gasteiger partial charge in [0.2, 0.25) is 0 Å². The lowest BCUT2D eigenvalue weighted by atomic mass is 9.93. The van der Waals surface area contributed by atoms with Crippen molar-refractivity contribution in [2.45, 2.75) is 73.6 Å².